The molecule has 4 bridgehead atoms. The number of rotatable bonds is 2. The second kappa shape index (κ2) is 2.85. The minimum atomic E-state index is 0.197. The van der Waals surface area contributed by atoms with Gasteiger partial charge in [0.25, 0.3) is 0 Å². The van der Waals surface area contributed by atoms with Crippen molar-refractivity contribution in [3.05, 3.63) is 12.7 Å². The van der Waals surface area contributed by atoms with Crippen LogP contribution < -0.4 is 5.73 Å². The molecule has 78 valence electrons. The van der Waals surface area contributed by atoms with Crippen molar-refractivity contribution in [3.8, 4) is 0 Å². The van der Waals surface area contributed by atoms with Gasteiger partial charge in [-0.1, -0.05) is 6.08 Å². The Morgan fingerprint density at radius 2 is 1.86 bits per heavy atom. The van der Waals surface area contributed by atoms with Gasteiger partial charge in [0.05, 0.1) is 0 Å². The van der Waals surface area contributed by atoms with Crippen molar-refractivity contribution >= 4 is 0 Å². The van der Waals surface area contributed by atoms with Gasteiger partial charge in [-0.3, -0.25) is 0 Å². The fourth-order valence-corrected chi connectivity index (χ4v) is 4.82. The van der Waals surface area contributed by atoms with Crippen LogP contribution in [-0.2, 0) is 0 Å². The molecule has 0 aromatic heterocycles. The van der Waals surface area contributed by atoms with Crippen molar-refractivity contribution in [3.63, 3.8) is 0 Å². The Hall–Kier alpha value is -0.300. The molecule has 0 aromatic carbocycles. The van der Waals surface area contributed by atoms with Crippen LogP contribution >= 0.6 is 0 Å². The smallest absolute Gasteiger partial charge is 0.0193 e. The van der Waals surface area contributed by atoms with Crippen LogP contribution in [0.1, 0.15) is 38.5 Å². The molecule has 0 radical (unpaired) electrons. The van der Waals surface area contributed by atoms with E-state index in [1.807, 2.05) is 0 Å². The zero-order chi connectivity index (χ0) is 9.76. The van der Waals surface area contributed by atoms with Crippen LogP contribution in [0.4, 0.5) is 0 Å². The van der Waals surface area contributed by atoms with Gasteiger partial charge in [0.2, 0.25) is 0 Å². The van der Waals surface area contributed by atoms with E-state index in [2.05, 4.69) is 12.7 Å². The summed E-state index contributed by atoms with van der Waals surface area (Å²) < 4.78 is 0. The summed E-state index contributed by atoms with van der Waals surface area (Å²) in [5, 5.41) is 0. The fourth-order valence-electron chi connectivity index (χ4n) is 4.82. The van der Waals surface area contributed by atoms with E-state index in [1.54, 1.807) is 0 Å². The molecule has 3 atom stereocenters. The predicted molar refractivity (Wildman–Crippen MR) is 58.8 cm³/mol. The third-order valence-corrected chi connectivity index (χ3v) is 5.00. The zero-order valence-corrected chi connectivity index (χ0v) is 8.91. The summed E-state index contributed by atoms with van der Waals surface area (Å²) in [5.74, 6) is 3.63. The normalized spacial score (nSPS) is 54.9. The topological polar surface area (TPSA) is 26.0 Å². The molecule has 4 fully saturated rings. The molecule has 4 aliphatic carbocycles. The van der Waals surface area contributed by atoms with Gasteiger partial charge in [0.15, 0.2) is 0 Å². The van der Waals surface area contributed by atoms with Crippen LogP contribution in [0.2, 0.25) is 0 Å². The molecule has 4 rings (SSSR count). The van der Waals surface area contributed by atoms with E-state index in [4.69, 9.17) is 5.73 Å². The summed E-state index contributed by atoms with van der Waals surface area (Å²) in [7, 11) is 0. The van der Waals surface area contributed by atoms with Crippen LogP contribution in [0.5, 0.6) is 0 Å². The van der Waals surface area contributed by atoms with Crippen LogP contribution in [0, 0.1) is 23.7 Å². The maximum Gasteiger partial charge on any atom is 0.0193 e. The van der Waals surface area contributed by atoms with E-state index in [0.717, 1.165) is 30.1 Å². The van der Waals surface area contributed by atoms with Crippen molar-refractivity contribution in [1.29, 1.82) is 0 Å². The standard InChI is InChI=1S/C13H21N/c1-2-3-12-11-5-9-4-10(6-11)8-13(12,14)7-9/h2,9-12H,1,3-8,14H2. The molecule has 0 heterocycles. The Balaban J connectivity index is 1.89. The quantitative estimate of drug-likeness (QED) is 0.667. The molecule has 0 amide bonds. The Kier molecular flexibility index (Phi) is 1.82. The monoisotopic (exact) mass is 191 g/mol. The molecule has 2 N–H and O–H groups in total. The van der Waals surface area contributed by atoms with Gasteiger partial charge in [-0.15, -0.1) is 6.58 Å². The number of hydrogen-bond acceptors (Lipinski definition) is 1. The Morgan fingerprint density at radius 1 is 1.21 bits per heavy atom. The molecule has 0 aromatic rings. The van der Waals surface area contributed by atoms with Gasteiger partial charge in [-0.25, -0.2) is 0 Å². The summed E-state index contributed by atoms with van der Waals surface area (Å²) >= 11 is 0. The van der Waals surface area contributed by atoms with Crippen molar-refractivity contribution < 1.29 is 0 Å². The molecule has 0 spiro atoms. The third-order valence-electron chi connectivity index (χ3n) is 5.00. The largest absolute Gasteiger partial charge is 0.325 e. The highest BCUT2D eigenvalue weighted by Crippen LogP contribution is 2.58. The lowest BCUT2D eigenvalue weighted by Gasteiger charge is -2.60. The number of nitrogens with two attached hydrogens (primary N) is 1. The van der Waals surface area contributed by atoms with Gasteiger partial charge >= 0.3 is 0 Å². The highest BCUT2D eigenvalue weighted by molar-refractivity contribution is 5.10. The maximum atomic E-state index is 6.60. The minimum Gasteiger partial charge on any atom is -0.325 e. The van der Waals surface area contributed by atoms with E-state index >= 15 is 0 Å². The lowest BCUT2D eigenvalue weighted by Crippen LogP contribution is -2.62. The SMILES string of the molecule is C=CCC1C2CC3CC(C2)CC1(N)C3. The molecule has 4 aliphatic rings. The molecule has 1 nitrogen and oxygen atoms in total. The van der Waals surface area contributed by atoms with Gasteiger partial charge in [0, 0.05) is 5.54 Å². The summed E-state index contributed by atoms with van der Waals surface area (Å²) in [6, 6.07) is 0. The molecule has 1 heteroatoms. The first-order valence-electron chi connectivity index (χ1n) is 6.11. The summed E-state index contributed by atoms with van der Waals surface area (Å²) in [5.41, 5.74) is 6.80. The highest BCUT2D eigenvalue weighted by atomic mass is 14.8. The average molecular weight is 191 g/mol. The number of allylic oxidation sites excluding steroid dienone is 1. The Labute approximate surface area is 86.8 Å². The second-order valence-corrected chi connectivity index (χ2v) is 5.97. The van der Waals surface area contributed by atoms with Gasteiger partial charge < -0.3 is 5.73 Å². The summed E-state index contributed by atoms with van der Waals surface area (Å²) in [4.78, 5) is 0. The van der Waals surface area contributed by atoms with Crippen molar-refractivity contribution in [2.45, 2.75) is 44.1 Å². The predicted octanol–water partition coefficient (Wildman–Crippen LogP) is 2.72. The minimum absolute atomic E-state index is 0.197. The van der Waals surface area contributed by atoms with Crippen molar-refractivity contribution in [2.75, 3.05) is 0 Å². The first-order chi connectivity index (χ1) is 6.71. The number of hydrogen-bond donors (Lipinski definition) is 1. The summed E-state index contributed by atoms with van der Waals surface area (Å²) in [6.07, 6.45) is 10.3. The third kappa shape index (κ3) is 1.11. The van der Waals surface area contributed by atoms with Crippen LogP contribution in [0.15, 0.2) is 12.7 Å². The van der Waals surface area contributed by atoms with Gasteiger partial charge in [-0.05, 0) is 62.2 Å². The maximum absolute atomic E-state index is 6.60. The van der Waals surface area contributed by atoms with E-state index in [-0.39, 0.29) is 5.54 Å². The lowest BCUT2D eigenvalue weighted by molar-refractivity contribution is -0.0538. The molecule has 4 saturated carbocycles. The van der Waals surface area contributed by atoms with Gasteiger partial charge in [-0.2, -0.15) is 0 Å². The van der Waals surface area contributed by atoms with Crippen LogP contribution in [0.25, 0.3) is 0 Å². The lowest BCUT2D eigenvalue weighted by atomic mass is 9.48. The first-order valence-corrected chi connectivity index (χ1v) is 6.11. The Bertz CT molecular complexity index is 244. The first kappa shape index (κ1) is 8.96. The molecule has 0 aliphatic heterocycles. The van der Waals surface area contributed by atoms with E-state index in [0.29, 0.717) is 0 Å². The molecular weight excluding hydrogens is 170 g/mol. The van der Waals surface area contributed by atoms with E-state index < -0.39 is 0 Å². The Morgan fingerprint density at radius 3 is 2.36 bits per heavy atom. The van der Waals surface area contributed by atoms with Gasteiger partial charge in [0.1, 0.15) is 0 Å². The molecule has 3 unspecified atom stereocenters. The van der Waals surface area contributed by atoms with Crippen molar-refractivity contribution in [2.24, 2.45) is 29.4 Å². The van der Waals surface area contributed by atoms with Crippen LogP contribution in [0.3, 0.4) is 0 Å². The van der Waals surface area contributed by atoms with E-state index in [1.165, 1.54) is 32.1 Å². The van der Waals surface area contributed by atoms with Crippen LogP contribution in [-0.4, -0.2) is 5.54 Å². The summed E-state index contributed by atoms with van der Waals surface area (Å²) in [6.45, 7) is 3.89. The molecule has 0 saturated heterocycles. The molecule has 14 heavy (non-hydrogen) atoms. The van der Waals surface area contributed by atoms with E-state index in [9.17, 15) is 0 Å². The highest BCUT2D eigenvalue weighted by Gasteiger charge is 2.54. The average Bonchev–Trinajstić information content (AvgIpc) is 2.09. The molecular formula is C13H21N. The fraction of sp³-hybridized carbons (Fsp3) is 0.846. The van der Waals surface area contributed by atoms with Crippen molar-refractivity contribution in [1.82, 2.24) is 0 Å². The second-order valence-electron chi connectivity index (χ2n) is 5.97. The zero-order valence-electron chi connectivity index (χ0n) is 8.91.